The summed E-state index contributed by atoms with van der Waals surface area (Å²) in [7, 11) is -2.00. The number of nitrogens with one attached hydrogen (secondary N) is 1. The fourth-order valence-corrected chi connectivity index (χ4v) is 3.58. The van der Waals surface area contributed by atoms with E-state index < -0.39 is 10.0 Å². The maximum absolute atomic E-state index is 12.6. The molecule has 0 aromatic heterocycles. The Morgan fingerprint density at radius 3 is 2.17 bits per heavy atom. The summed E-state index contributed by atoms with van der Waals surface area (Å²) in [5.41, 5.74) is 2.33. The Bertz CT molecular complexity index is 1110. The number of halogens is 1. The lowest BCUT2D eigenvalue weighted by molar-refractivity contribution is 0.0993. The second-order valence-electron chi connectivity index (χ2n) is 6.28. The van der Waals surface area contributed by atoms with Crippen molar-refractivity contribution in [1.82, 2.24) is 0 Å². The molecule has 3 aromatic rings. The first-order valence-corrected chi connectivity index (χ1v) is 10.7. The molecule has 0 aliphatic rings. The smallest absolute Gasteiger partial charge is 0.258 e. The van der Waals surface area contributed by atoms with Crippen LogP contribution in [0.5, 0.6) is 0 Å². The van der Waals surface area contributed by atoms with Gasteiger partial charge in [0.25, 0.3) is 15.9 Å². The van der Waals surface area contributed by atoms with Gasteiger partial charge in [-0.3, -0.25) is 9.52 Å². The van der Waals surface area contributed by atoms with E-state index in [0.717, 1.165) is 11.0 Å². The van der Waals surface area contributed by atoms with E-state index in [1.165, 1.54) is 11.0 Å². The third-order valence-electron chi connectivity index (χ3n) is 4.15. The summed E-state index contributed by atoms with van der Waals surface area (Å²) < 4.78 is 27.0. The Morgan fingerprint density at radius 1 is 0.931 bits per heavy atom. The zero-order valence-electron chi connectivity index (χ0n) is 15.6. The Hall–Kier alpha value is -3.09. The molecule has 1 N–H and O–H groups in total. The van der Waals surface area contributed by atoms with E-state index in [9.17, 15) is 13.2 Å². The van der Waals surface area contributed by atoms with E-state index in [0.29, 0.717) is 22.0 Å². The van der Waals surface area contributed by atoms with Crippen LogP contribution in [0.1, 0.15) is 15.9 Å². The van der Waals surface area contributed by atoms with Gasteiger partial charge in [0.05, 0.1) is 5.41 Å². The molecular weight excluding hydrogens is 408 g/mol. The van der Waals surface area contributed by atoms with E-state index in [1.807, 2.05) is 30.3 Å². The summed E-state index contributed by atoms with van der Waals surface area (Å²) in [5, 5.41) is 1.68. The molecule has 0 spiro atoms. The highest BCUT2D eigenvalue weighted by Gasteiger charge is 2.14. The Balaban J connectivity index is 1.68. The van der Waals surface area contributed by atoms with Gasteiger partial charge in [0.2, 0.25) is 0 Å². The van der Waals surface area contributed by atoms with Crippen molar-refractivity contribution in [3.05, 3.63) is 100 Å². The van der Waals surface area contributed by atoms with Crippen molar-refractivity contribution in [3.8, 4) is 0 Å². The van der Waals surface area contributed by atoms with E-state index in [1.54, 1.807) is 55.6 Å². The molecule has 0 aliphatic carbocycles. The van der Waals surface area contributed by atoms with E-state index in [2.05, 4.69) is 4.72 Å². The molecule has 0 bridgehead atoms. The number of carbonyl (C=O) groups is 1. The quantitative estimate of drug-likeness (QED) is 0.601. The van der Waals surface area contributed by atoms with Crippen LogP contribution in [-0.4, -0.2) is 21.4 Å². The van der Waals surface area contributed by atoms with E-state index in [4.69, 9.17) is 11.6 Å². The Morgan fingerprint density at radius 2 is 1.55 bits per heavy atom. The van der Waals surface area contributed by atoms with Gasteiger partial charge < -0.3 is 4.90 Å². The highest BCUT2D eigenvalue weighted by molar-refractivity contribution is 7.95. The molecule has 0 heterocycles. The predicted octanol–water partition coefficient (Wildman–Crippen LogP) is 5.03. The third-order valence-corrected chi connectivity index (χ3v) is 5.42. The molecule has 1 amide bonds. The van der Waals surface area contributed by atoms with Gasteiger partial charge in [0.15, 0.2) is 0 Å². The average Bonchev–Trinajstić information content (AvgIpc) is 2.73. The number of hydrogen-bond acceptors (Lipinski definition) is 3. The van der Waals surface area contributed by atoms with Crippen LogP contribution in [0, 0.1) is 0 Å². The van der Waals surface area contributed by atoms with E-state index in [-0.39, 0.29) is 5.91 Å². The lowest BCUT2D eigenvalue weighted by atomic mass is 10.2. The third kappa shape index (κ3) is 5.70. The van der Waals surface area contributed by atoms with Crippen LogP contribution in [-0.2, 0) is 10.0 Å². The number of nitrogens with zero attached hydrogens (tertiary/aromatic N) is 1. The molecule has 0 unspecified atom stereocenters. The van der Waals surface area contributed by atoms with Crippen molar-refractivity contribution in [1.29, 1.82) is 0 Å². The summed E-state index contributed by atoms with van der Waals surface area (Å²) in [6.07, 6.45) is 1.52. The fraction of sp³-hybridized carbons (Fsp3) is 0.0455. The first-order chi connectivity index (χ1) is 13.8. The first-order valence-electron chi connectivity index (χ1n) is 8.74. The minimum Gasteiger partial charge on any atom is -0.311 e. The summed E-state index contributed by atoms with van der Waals surface area (Å²) in [6.45, 7) is 0. The highest BCUT2D eigenvalue weighted by atomic mass is 35.5. The number of benzene rings is 3. The van der Waals surface area contributed by atoms with Gasteiger partial charge in [-0.2, -0.15) is 0 Å². The van der Waals surface area contributed by atoms with Crippen molar-refractivity contribution < 1.29 is 13.2 Å². The standard InChI is InChI=1S/C22H19ClN2O3S/c1-25(22(26)18-7-9-19(23)10-8-18)21-13-11-20(12-14-21)24-29(27,28)16-15-17-5-3-2-4-6-17/h2-16,24H,1H3/b16-15+. The number of anilines is 2. The Kier molecular flexibility index (Phi) is 6.36. The van der Waals surface area contributed by atoms with Gasteiger partial charge in [0.1, 0.15) is 0 Å². The van der Waals surface area contributed by atoms with Crippen molar-refractivity contribution in [2.45, 2.75) is 0 Å². The minimum absolute atomic E-state index is 0.194. The SMILES string of the molecule is CN(C(=O)c1ccc(Cl)cc1)c1ccc(NS(=O)(=O)/C=C/c2ccccc2)cc1. The molecule has 0 fully saturated rings. The molecular formula is C22H19ClN2O3S. The van der Waals surface area contributed by atoms with Gasteiger partial charge in [-0.1, -0.05) is 41.9 Å². The summed E-state index contributed by atoms with van der Waals surface area (Å²) >= 11 is 5.85. The average molecular weight is 427 g/mol. The number of amides is 1. The van der Waals surface area contributed by atoms with Crippen molar-refractivity contribution in [2.75, 3.05) is 16.7 Å². The zero-order chi connectivity index (χ0) is 20.9. The largest absolute Gasteiger partial charge is 0.311 e. The molecule has 3 rings (SSSR count). The monoisotopic (exact) mass is 426 g/mol. The normalized spacial score (nSPS) is 11.4. The van der Waals surface area contributed by atoms with Crippen molar-refractivity contribution in [3.63, 3.8) is 0 Å². The summed E-state index contributed by atoms with van der Waals surface area (Å²) in [6, 6.07) is 22.3. The Labute approximate surface area is 175 Å². The highest BCUT2D eigenvalue weighted by Crippen LogP contribution is 2.20. The van der Waals surface area contributed by atoms with Crippen LogP contribution >= 0.6 is 11.6 Å². The van der Waals surface area contributed by atoms with Gasteiger partial charge in [-0.15, -0.1) is 0 Å². The van der Waals surface area contributed by atoms with Gasteiger partial charge in [0, 0.05) is 29.0 Å². The fourth-order valence-electron chi connectivity index (χ4n) is 2.59. The number of carbonyl (C=O) groups excluding carboxylic acids is 1. The zero-order valence-corrected chi connectivity index (χ0v) is 17.2. The van der Waals surface area contributed by atoms with E-state index >= 15 is 0 Å². The summed E-state index contributed by atoms with van der Waals surface area (Å²) in [5.74, 6) is -0.194. The molecule has 7 heteroatoms. The van der Waals surface area contributed by atoms with Crippen LogP contribution in [0.4, 0.5) is 11.4 Å². The van der Waals surface area contributed by atoms with Crippen LogP contribution < -0.4 is 9.62 Å². The van der Waals surface area contributed by atoms with Crippen LogP contribution in [0.3, 0.4) is 0 Å². The first kappa shape index (κ1) is 20.6. The molecule has 0 radical (unpaired) electrons. The van der Waals surface area contributed by atoms with Crippen LogP contribution in [0.15, 0.2) is 84.3 Å². The minimum atomic E-state index is -3.65. The lowest BCUT2D eigenvalue weighted by Gasteiger charge is -2.18. The van der Waals surface area contributed by atoms with Crippen LogP contribution in [0.25, 0.3) is 6.08 Å². The predicted molar refractivity (Wildman–Crippen MR) is 119 cm³/mol. The topological polar surface area (TPSA) is 66.5 Å². The van der Waals surface area contributed by atoms with Gasteiger partial charge in [-0.05, 0) is 60.2 Å². The number of rotatable bonds is 6. The lowest BCUT2D eigenvalue weighted by Crippen LogP contribution is -2.26. The molecule has 0 saturated carbocycles. The number of sulfonamides is 1. The molecule has 148 valence electrons. The molecule has 5 nitrogen and oxygen atoms in total. The van der Waals surface area contributed by atoms with Gasteiger partial charge >= 0.3 is 0 Å². The summed E-state index contributed by atoms with van der Waals surface area (Å²) in [4.78, 5) is 14.0. The molecule has 0 atom stereocenters. The second-order valence-corrected chi connectivity index (χ2v) is 8.28. The molecule has 3 aromatic carbocycles. The molecule has 0 aliphatic heterocycles. The maximum atomic E-state index is 12.6. The molecule has 0 saturated heterocycles. The maximum Gasteiger partial charge on any atom is 0.258 e. The van der Waals surface area contributed by atoms with Crippen molar-refractivity contribution >= 4 is 45.0 Å². The van der Waals surface area contributed by atoms with Crippen LogP contribution in [0.2, 0.25) is 5.02 Å². The second kappa shape index (κ2) is 8.94. The molecule has 29 heavy (non-hydrogen) atoms. The van der Waals surface area contributed by atoms with Crippen molar-refractivity contribution in [2.24, 2.45) is 0 Å². The van der Waals surface area contributed by atoms with Gasteiger partial charge in [-0.25, -0.2) is 8.42 Å². The number of hydrogen-bond donors (Lipinski definition) is 1.